The first kappa shape index (κ1) is 10.9. The smallest absolute Gasteiger partial charge is 0.0454 e. The minimum Gasteiger partial charge on any atom is -0.323 e. The van der Waals surface area contributed by atoms with E-state index in [1.807, 2.05) is 24.3 Å². The molecule has 1 saturated carbocycles. The summed E-state index contributed by atoms with van der Waals surface area (Å²) in [6.07, 6.45) is 3.92. The van der Waals surface area contributed by atoms with Gasteiger partial charge in [0.15, 0.2) is 0 Å². The van der Waals surface area contributed by atoms with Crippen LogP contribution in [0.2, 0.25) is 5.02 Å². The lowest BCUT2D eigenvalue weighted by atomic mass is 9.93. The van der Waals surface area contributed by atoms with Crippen LogP contribution in [0.15, 0.2) is 24.3 Å². The molecule has 1 fully saturated rings. The molecular formula is C12H17ClN2. The summed E-state index contributed by atoms with van der Waals surface area (Å²) in [7, 11) is 0. The van der Waals surface area contributed by atoms with Crippen molar-refractivity contribution in [2.24, 2.45) is 5.73 Å². The topological polar surface area (TPSA) is 38.0 Å². The SMILES string of the molecule is NC(CNC1CCC1)c1ccccc1Cl. The minimum absolute atomic E-state index is 0.000648. The molecule has 0 radical (unpaired) electrons. The van der Waals surface area contributed by atoms with E-state index in [0.29, 0.717) is 6.04 Å². The standard InChI is InChI=1S/C12H17ClN2/c13-11-7-2-1-6-10(11)12(14)8-15-9-4-3-5-9/h1-2,6-7,9,12,15H,3-5,8,14H2. The Labute approximate surface area is 95.8 Å². The third kappa shape index (κ3) is 2.71. The van der Waals surface area contributed by atoms with Crippen LogP contribution in [0.25, 0.3) is 0 Å². The van der Waals surface area contributed by atoms with E-state index in [0.717, 1.165) is 17.1 Å². The van der Waals surface area contributed by atoms with Crippen molar-refractivity contribution in [2.75, 3.05) is 6.54 Å². The molecule has 0 amide bonds. The first-order valence-electron chi connectivity index (χ1n) is 5.51. The molecule has 3 heteroatoms. The molecule has 15 heavy (non-hydrogen) atoms. The molecule has 0 aromatic heterocycles. The van der Waals surface area contributed by atoms with Crippen molar-refractivity contribution in [3.8, 4) is 0 Å². The molecule has 1 atom stereocenters. The zero-order chi connectivity index (χ0) is 10.7. The fraction of sp³-hybridized carbons (Fsp3) is 0.500. The Morgan fingerprint density at radius 2 is 2.13 bits per heavy atom. The van der Waals surface area contributed by atoms with Gasteiger partial charge in [0, 0.05) is 23.7 Å². The van der Waals surface area contributed by atoms with E-state index in [1.54, 1.807) is 0 Å². The third-order valence-electron chi connectivity index (χ3n) is 3.04. The van der Waals surface area contributed by atoms with Gasteiger partial charge in [0.2, 0.25) is 0 Å². The Bertz CT molecular complexity index is 323. The average Bonchev–Trinajstić information content (AvgIpc) is 2.16. The van der Waals surface area contributed by atoms with Crippen molar-refractivity contribution in [1.82, 2.24) is 5.32 Å². The number of hydrogen-bond donors (Lipinski definition) is 2. The number of halogens is 1. The van der Waals surface area contributed by atoms with Crippen molar-refractivity contribution in [3.05, 3.63) is 34.9 Å². The van der Waals surface area contributed by atoms with Crippen molar-refractivity contribution < 1.29 is 0 Å². The van der Waals surface area contributed by atoms with Gasteiger partial charge in [-0.05, 0) is 24.5 Å². The second kappa shape index (κ2) is 4.97. The average molecular weight is 225 g/mol. The molecule has 2 nitrogen and oxygen atoms in total. The van der Waals surface area contributed by atoms with Gasteiger partial charge in [-0.25, -0.2) is 0 Å². The molecule has 82 valence electrons. The van der Waals surface area contributed by atoms with Gasteiger partial charge in [0.1, 0.15) is 0 Å². The Hall–Kier alpha value is -0.570. The fourth-order valence-electron chi connectivity index (χ4n) is 1.79. The highest BCUT2D eigenvalue weighted by molar-refractivity contribution is 6.31. The largest absolute Gasteiger partial charge is 0.323 e. The maximum Gasteiger partial charge on any atom is 0.0454 e. The van der Waals surface area contributed by atoms with Gasteiger partial charge in [-0.15, -0.1) is 0 Å². The molecule has 3 N–H and O–H groups in total. The molecule has 1 aromatic carbocycles. The summed E-state index contributed by atoms with van der Waals surface area (Å²) >= 11 is 6.07. The minimum atomic E-state index is -0.000648. The van der Waals surface area contributed by atoms with Gasteiger partial charge in [-0.1, -0.05) is 36.2 Å². The lowest BCUT2D eigenvalue weighted by Gasteiger charge is -2.28. The Kier molecular flexibility index (Phi) is 3.62. The fourth-order valence-corrected chi connectivity index (χ4v) is 2.07. The van der Waals surface area contributed by atoms with Crippen LogP contribution < -0.4 is 11.1 Å². The molecule has 0 aliphatic heterocycles. The molecule has 2 rings (SSSR count). The van der Waals surface area contributed by atoms with E-state index in [2.05, 4.69) is 5.32 Å². The Balaban J connectivity index is 1.89. The predicted octanol–water partition coefficient (Wildman–Crippen LogP) is 2.48. The molecule has 1 aliphatic rings. The quantitative estimate of drug-likeness (QED) is 0.825. The van der Waals surface area contributed by atoms with E-state index in [1.165, 1.54) is 19.3 Å². The first-order chi connectivity index (χ1) is 7.27. The summed E-state index contributed by atoms with van der Waals surface area (Å²) in [5, 5.41) is 4.23. The van der Waals surface area contributed by atoms with Gasteiger partial charge in [0.25, 0.3) is 0 Å². The first-order valence-corrected chi connectivity index (χ1v) is 5.88. The van der Waals surface area contributed by atoms with Crippen molar-refractivity contribution in [3.63, 3.8) is 0 Å². The Morgan fingerprint density at radius 1 is 1.40 bits per heavy atom. The maximum absolute atomic E-state index is 6.08. The summed E-state index contributed by atoms with van der Waals surface area (Å²) < 4.78 is 0. The summed E-state index contributed by atoms with van der Waals surface area (Å²) in [4.78, 5) is 0. The lowest BCUT2D eigenvalue weighted by Crippen LogP contribution is -2.39. The van der Waals surface area contributed by atoms with Crippen molar-refractivity contribution >= 4 is 11.6 Å². The van der Waals surface area contributed by atoms with Gasteiger partial charge >= 0.3 is 0 Å². The second-order valence-electron chi connectivity index (χ2n) is 4.16. The van der Waals surface area contributed by atoms with Gasteiger partial charge < -0.3 is 11.1 Å². The third-order valence-corrected chi connectivity index (χ3v) is 3.38. The van der Waals surface area contributed by atoms with Crippen LogP contribution in [0.5, 0.6) is 0 Å². The molecule has 1 aromatic rings. The predicted molar refractivity (Wildman–Crippen MR) is 64.0 cm³/mol. The molecule has 0 spiro atoms. The number of nitrogens with two attached hydrogens (primary N) is 1. The van der Waals surface area contributed by atoms with E-state index in [-0.39, 0.29) is 6.04 Å². The Morgan fingerprint density at radius 3 is 2.73 bits per heavy atom. The number of benzene rings is 1. The van der Waals surface area contributed by atoms with Crippen LogP contribution in [0.4, 0.5) is 0 Å². The zero-order valence-electron chi connectivity index (χ0n) is 8.75. The summed E-state index contributed by atoms with van der Waals surface area (Å²) in [6.45, 7) is 0.814. The van der Waals surface area contributed by atoms with Gasteiger partial charge in [-0.2, -0.15) is 0 Å². The summed E-state index contributed by atoms with van der Waals surface area (Å²) in [6, 6.07) is 8.47. The number of hydrogen-bond acceptors (Lipinski definition) is 2. The lowest BCUT2D eigenvalue weighted by molar-refractivity contribution is 0.333. The monoisotopic (exact) mass is 224 g/mol. The van der Waals surface area contributed by atoms with E-state index in [9.17, 15) is 0 Å². The summed E-state index contributed by atoms with van der Waals surface area (Å²) in [5.74, 6) is 0. The van der Waals surface area contributed by atoms with Crippen LogP contribution in [0.1, 0.15) is 30.9 Å². The van der Waals surface area contributed by atoms with E-state index < -0.39 is 0 Å². The number of rotatable bonds is 4. The molecule has 1 aliphatic carbocycles. The molecule has 0 bridgehead atoms. The van der Waals surface area contributed by atoms with Crippen molar-refractivity contribution in [2.45, 2.75) is 31.3 Å². The van der Waals surface area contributed by atoms with Crippen LogP contribution in [0, 0.1) is 0 Å². The normalized spacial score (nSPS) is 18.5. The second-order valence-corrected chi connectivity index (χ2v) is 4.57. The van der Waals surface area contributed by atoms with Gasteiger partial charge in [0.05, 0.1) is 0 Å². The summed E-state index contributed by atoms with van der Waals surface area (Å²) in [5.41, 5.74) is 7.11. The molecule has 1 unspecified atom stereocenters. The molecular weight excluding hydrogens is 208 g/mol. The van der Waals surface area contributed by atoms with E-state index >= 15 is 0 Å². The van der Waals surface area contributed by atoms with Crippen LogP contribution >= 0.6 is 11.6 Å². The maximum atomic E-state index is 6.08. The van der Waals surface area contributed by atoms with Crippen LogP contribution in [-0.2, 0) is 0 Å². The molecule has 0 heterocycles. The van der Waals surface area contributed by atoms with Gasteiger partial charge in [-0.3, -0.25) is 0 Å². The highest BCUT2D eigenvalue weighted by Crippen LogP contribution is 2.22. The van der Waals surface area contributed by atoms with E-state index in [4.69, 9.17) is 17.3 Å². The van der Waals surface area contributed by atoms with Crippen LogP contribution in [0.3, 0.4) is 0 Å². The molecule has 0 saturated heterocycles. The highest BCUT2D eigenvalue weighted by Gasteiger charge is 2.18. The number of nitrogens with one attached hydrogen (secondary N) is 1. The van der Waals surface area contributed by atoms with Crippen LogP contribution in [-0.4, -0.2) is 12.6 Å². The zero-order valence-corrected chi connectivity index (χ0v) is 9.50. The highest BCUT2D eigenvalue weighted by atomic mass is 35.5. The van der Waals surface area contributed by atoms with Crippen molar-refractivity contribution in [1.29, 1.82) is 0 Å².